The van der Waals surface area contributed by atoms with E-state index in [4.69, 9.17) is 9.47 Å². The molecule has 6 nitrogen and oxygen atoms in total. The fraction of sp³-hybridized carbons (Fsp3) is 0.250. The first kappa shape index (κ1) is 16.3. The Hall–Kier alpha value is -3.15. The zero-order valence-electron chi connectivity index (χ0n) is 14.4. The van der Waals surface area contributed by atoms with Gasteiger partial charge in [0.2, 0.25) is 0 Å². The number of nitrogens with zero attached hydrogens (tertiary/aromatic N) is 2. The Bertz CT molecular complexity index is 958. The van der Waals surface area contributed by atoms with Gasteiger partial charge in [0, 0.05) is 29.8 Å². The second-order valence-corrected chi connectivity index (χ2v) is 6.22. The quantitative estimate of drug-likeness (QED) is 0.784. The maximum Gasteiger partial charge on any atom is 0.258 e. The smallest absolute Gasteiger partial charge is 0.258 e. The minimum Gasteiger partial charge on any atom is -0.493 e. The van der Waals surface area contributed by atoms with Crippen LogP contribution in [0.2, 0.25) is 0 Å². The lowest BCUT2D eigenvalue weighted by Crippen LogP contribution is -2.35. The number of fused-ring (bicyclic) bond motifs is 2. The number of carbonyl (C=O) groups excluding carboxylic acids is 1. The van der Waals surface area contributed by atoms with E-state index in [0.29, 0.717) is 12.4 Å². The van der Waals surface area contributed by atoms with E-state index in [1.807, 2.05) is 43.3 Å². The third-order valence-corrected chi connectivity index (χ3v) is 4.41. The Balaban J connectivity index is 1.43. The Morgan fingerprint density at radius 3 is 3.15 bits per heavy atom. The van der Waals surface area contributed by atoms with Crippen molar-refractivity contribution in [3.05, 3.63) is 60.0 Å². The number of ether oxygens (including phenoxy) is 2. The van der Waals surface area contributed by atoms with E-state index < -0.39 is 0 Å². The summed E-state index contributed by atoms with van der Waals surface area (Å²) < 4.78 is 11.3. The zero-order valence-corrected chi connectivity index (χ0v) is 14.4. The first-order valence-electron chi connectivity index (χ1n) is 8.56. The molecule has 132 valence electrons. The molecule has 1 amide bonds. The zero-order chi connectivity index (χ0) is 17.9. The molecule has 1 N–H and O–H groups in total. The summed E-state index contributed by atoms with van der Waals surface area (Å²) in [7, 11) is 0. The molecule has 0 saturated heterocycles. The van der Waals surface area contributed by atoms with Gasteiger partial charge >= 0.3 is 0 Å². The average molecular weight is 349 g/mol. The van der Waals surface area contributed by atoms with Gasteiger partial charge in [-0.15, -0.1) is 0 Å². The molecular formula is C20H19N3O3. The van der Waals surface area contributed by atoms with E-state index >= 15 is 0 Å². The molecular weight excluding hydrogens is 330 g/mol. The van der Waals surface area contributed by atoms with E-state index in [2.05, 4.69) is 15.3 Å². The van der Waals surface area contributed by atoms with Crippen molar-refractivity contribution in [1.82, 2.24) is 15.3 Å². The Labute approximate surface area is 151 Å². The molecule has 26 heavy (non-hydrogen) atoms. The number of amides is 1. The minimum atomic E-state index is -0.169. The number of carbonyl (C=O) groups is 1. The summed E-state index contributed by atoms with van der Waals surface area (Å²) in [6, 6.07) is 11.4. The molecule has 0 spiro atoms. The van der Waals surface area contributed by atoms with Crippen LogP contribution in [0.4, 0.5) is 0 Å². The van der Waals surface area contributed by atoms with Crippen molar-refractivity contribution >= 4 is 16.8 Å². The van der Waals surface area contributed by atoms with Crippen molar-refractivity contribution in [2.24, 2.45) is 0 Å². The van der Waals surface area contributed by atoms with Crippen LogP contribution in [0.25, 0.3) is 10.9 Å². The fourth-order valence-electron chi connectivity index (χ4n) is 3.11. The van der Waals surface area contributed by atoms with Crippen molar-refractivity contribution in [1.29, 1.82) is 0 Å². The van der Waals surface area contributed by atoms with Gasteiger partial charge in [0.05, 0.1) is 23.9 Å². The van der Waals surface area contributed by atoms with Gasteiger partial charge in [-0.25, -0.2) is 4.98 Å². The van der Waals surface area contributed by atoms with Crippen LogP contribution in [0.1, 0.15) is 23.7 Å². The number of para-hydroxylation sites is 1. The van der Waals surface area contributed by atoms with Crippen LogP contribution in [0.3, 0.4) is 0 Å². The molecule has 4 rings (SSSR count). The van der Waals surface area contributed by atoms with Crippen LogP contribution < -0.4 is 14.8 Å². The molecule has 6 heteroatoms. The molecule has 0 aliphatic carbocycles. The highest BCUT2D eigenvalue weighted by atomic mass is 16.5. The lowest BCUT2D eigenvalue weighted by atomic mass is 10.0. The first-order chi connectivity index (χ1) is 12.7. The summed E-state index contributed by atoms with van der Waals surface area (Å²) >= 11 is 0. The molecule has 0 unspecified atom stereocenters. The molecule has 2 aromatic heterocycles. The van der Waals surface area contributed by atoms with Gasteiger partial charge in [0.15, 0.2) is 6.61 Å². The second kappa shape index (κ2) is 7.00. The normalized spacial score (nSPS) is 15.8. The predicted molar refractivity (Wildman–Crippen MR) is 97.2 cm³/mol. The van der Waals surface area contributed by atoms with Gasteiger partial charge in [0.25, 0.3) is 5.91 Å². The summed E-state index contributed by atoms with van der Waals surface area (Å²) in [4.78, 5) is 20.9. The van der Waals surface area contributed by atoms with E-state index in [0.717, 1.165) is 34.3 Å². The van der Waals surface area contributed by atoms with Gasteiger partial charge in [-0.05, 0) is 25.1 Å². The van der Waals surface area contributed by atoms with Crippen LogP contribution in [0.15, 0.2) is 48.8 Å². The largest absolute Gasteiger partial charge is 0.493 e. The minimum absolute atomic E-state index is 0.0592. The fourth-order valence-corrected chi connectivity index (χ4v) is 3.11. The number of pyridine rings is 2. The maximum atomic E-state index is 12.4. The summed E-state index contributed by atoms with van der Waals surface area (Å²) in [5.74, 6) is 1.25. The SMILES string of the molecule is Cc1nc2ccncc2cc1OCC(=O)N[C@H]1CCOc2ccccc21. The van der Waals surface area contributed by atoms with E-state index in [9.17, 15) is 4.79 Å². The Kier molecular flexibility index (Phi) is 4.39. The monoisotopic (exact) mass is 349 g/mol. The van der Waals surface area contributed by atoms with E-state index in [-0.39, 0.29) is 18.6 Å². The molecule has 1 aromatic carbocycles. The molecule has 1 aliphatic rings. The Morgan fingerprint density at radius 1 is 1.35 bits per heavy atom. The van der Waals surface area contributed by atoms with Crippen LogP contribution >= 0.6 is 0 Å². The lowest BCUT2D eigenvalue weighted by molar-refractivity contribution is -0.124. The van der Waals surface area contributed by atoms with Gasteiger partial charge in [-0.1, -0.05) is 18.2 Å². The summed E-state index contributed by atoms with van der Waals surface area (Å²) in [5.41, 5.74) is 2.60. The van der Waals surface area contributed by atoms with E-state index in [1.165, 1.54) is 0 Å². The third-order valence-electron chi connectivity index (χ3n) is 4.41. The number of rotatable bonds is 4. The van der Waals surface area contributed by atoms with E-state index in [1.54, 1.807) is 12.4 Å². The summed E-state index contributed by atoms with van der Waals surface area (Å²) in [6.07, 6.45) is 4.17. The van der Waals surface area contributed by atoms with Gasteiger partial charge in [0.1, 0.15) is 11.5 Å². The van der Waals surface area contributed by atoms with Crippen molar-refractivity contribution in [3.63, 3.8) is 0 Å². The van der Waals surface area contributed by atoms with Crippen molar-refractivity contribution in [3.8, 4) is 11.5 Å². The number of aromatic nitrogens is 2. The summed E-state index contributed by atoms with van der Waals surface area (Å²) in [6.45, 7) is 2.39. The molecule has 0 bridgehead atoms. The first-order valence-corrected chi connectivity index (χ1v) is 8.56. The molecule has 0 radical (unpaired) electrons. The van der Waals surface area contributed by atoms with Gasteiger partial charge in [-0.3, -0.25) is 9.78 Å². The molecule has 3 heterocycles. The topological polar surface area (TPSA) is 73.3 Å². The van der Waals surface area contributed by atoms with Crippen molar-refractivity contribution in [2.45, 2.75) is 19.4 Å². The maximum absolute atomic E-state index is 12.4. The molecule has 3 aromatic rings. The van der Waals surface area contributed by atoms with Crippen LogP contribution in [0.5, 0.6) is 11.5 Å². The van der Waals surface area contributed by atoms with Crippen LogP contribution in [-0.4, -0.2) is 29.1 Å². The van der Waals surface area contributed by atoms with Crippen LogP contribution in [-0.2, 0) is 4.79 Å². The molecule has 0 fully saturated rings. The second-order valence-electron chi connectivity index (χ2n) is 6.22. The Morgan fingerprint density at radius 2 is 2.23 bits per heavy atom. The number of hydrogen-bond donors (Lipinski definition) is 1. The highest BCUT2D eigenvalue weighted by molar-refractivity contribution is 5.80. The molecule has 1 atom stereocenters. The molecule has 1 aliphatic heterocycles. The average Bonchev–Trinajstić information content (AvgIpc) is 2.66. The summed E-state index contributed by atoms with van der Waals surface area (Å²) in [5, 5.41) is 3.91. The highest BCUT2D eigenvalue weighted by Crippen LogP contribution is 2.31. The predicted octanol–water partition coefficient (Wildman–Crippen LogP) is 2.96. The van der Waals surface area contributed by atoms with Gasteiger partial charge in [-0.2, -0.15) is 0 Å². The van der Waals surface area contributed by atoms with Crippen LogP contribution in [0, 0.1) is 6.92 Å². The number of aryl methyl sites for hydroxylation is 1. The number of nitrogens with one attached hydrogen (secondary N) is 1. The van der Waals surface area contributed by atoms with Gasteiger partial charge < -0.3 is 14.8 Å². The molecule has 0 saturated carbocycles. The third kappa shape index (κ3) is 3.31. The van der Waals surface area contributed by atoms with Crippen molar-refractivity contribution in [2.75, 3.05) is 13.2 Å². The number of hydrogen-bond acceptors (Lipinski definition) is 5. The number of benzene rings is 1. The van der Waals surface area contributed by atoms with Crippen molar-refractivity contribution < 1.29 is 14.3 Å². The standard InChI is InChI=1S/C20H19N3O3/c1-13-19(10-14-11-21-8-6-16(14)22-13)26-12-20(24)23-17-7-9-25-18-5-3-2-4-15(17)18/h2-6,8,10-11,17H,7,9,12H2,1H3,(H,23,24)/t17-/m0/s1. The lowest BCUT2D eigenvalue weighted by Gasteiger charge is -2.26. The highest BCUT2D eigenvalue weighted by Gasteiger charge is 2.22.